The SMILES string of the molecule is CCNc1ncc(F)cc1C(=O)N(C)CC1CCCC1. The molecule has 1 amide bonds. The second-order valence-corrected chi connectivity index (χ2v) is 5.42. The number of hydrogen-bond donors (Lipinski definition) is 1. The maximum Gasteiger partial charge on any atom is 0.257 e. The first-order valence-electron chi connectivity index (χ1n) is 7.26. The molecule has 1 saturated carbocycles. The van der Waals surface area contributed by atoms with Crippen LogP contribution in [0.25, 0.3) is 0 Å². The van der Waals surface area contributed by atoms with E-state index in [1.807, 2.05) is 6.92 Å². The van der Waals surface area contributed by atoms with Crippen LogP contribution in [0.15, 0.2) is 12.3 Å². The molecule has 0 atom stereocenters. The highest BCUT2D eigenvalue weighted by molar-refractivity contribution is 5.98. The van der Waals surface area contributed by atoms with Crippen LogP contribution in [-0.2, 0) is 0 Å². The minimum absolute atomic E-state index is 0.167. The Labute approximate surface area is 119 Å². The van der Waals surface area contributed by atoms with Crippen molar-refractivity contribution in [2.45, 2.75) is 32.6 Å². The second kappa shape index (κ2) is 6.68. The van der Waals surface area contributed by atoms with Gasteiger partial charge in [0, 0.05) is 20.1 Å². The summed E-state index contributed by atoms with van der Waals surface area (Å²) in [7, 11) is 1.78. The van der Waals surface area contributed by atoms with Crippen molar-refractivity contribution in [3.8, 4) is 0 Å². The predicted octanol–water partition coefficient (Wildman–Crippen LogP) is 2.91. The number of rotatable bonds is 5. The number of halogens is 1. The van der Waals surface area contributed by atoms with E-state index in [0.717, 1.165) is 12.7 Å². The van der Waals surface area contributed by atoms with Crippen molar-refractivity contribution in [3.05, 3.63) is 23.6 Å². The molecule has 1 N–H and O–H groups in total. The zero-order chi connectivity index (χ0) is 14.5. The van der Waals surface area contributed by atoms with Crippen molar-refractivity contribution in [1.29, 1.82) is 0 Å². The Morgan fingerprint density at radius 3 is 2.85 bits per heavy atom. The third kappa shape index (κ3) is 3.46. The molecule has 1 fully saturated rings. The van der Waals surface area contributed by atoms with Crippen LogP contribution in [0.3, 0.4) is 0 Å². The zero-order valence-electron chi connectivity index (χ0n) is 12.2. The average molecular weight is 279 g/mol. The van der Waals surface area contributed by atoms with Crippen molar-refractivity contribution < 1.29 is 9.18 Å². The molecule has 2 rings (SSSR count). The van der Waals surface area contributed by atoms with E-state index in [1.54, 1.807) is 11.9 Å². The van der Waals surface area contributed by atoms with Crippen LogP contribution in [0.5, 0.6) is 0 Å². The van der Waals surface area contributed by atoms with Crippen LogP contribution < -0.4 is 5.32 Å². The predicted molar refractivity (Wildman–Crippen MR) is 77.3 cm³/mol. The first-order valence-corrected chi connectivity index (χ1v) is 7.26. The lowest BCUT2D eigenvalue weighted by atomic mass is 10.1. The average Bonchev–Trinajstić information content (AvgIpc) is 2.93. The first-order chi connectivity index (χ1) is 9.61. The highest BCUT2D eigenvalue weighted by Crippen LogP contribution is 2.26. The van der Waals surface area contributed by atoms with Gasteiger partial charge in [0.15, 0.2) is 0 Å². The Morgan fingerprint density at radius 2 is 2.20 bits per heavy atom. The van der Waals surface area contributed by atoms with Gasteiger partial charge in [-0.2, -0.15) is 0 Å². The molecule has 20 heavy (non-hydrogen) atoms. The molecule has 1 aliphatic carbocycles. The van der Waals surface area contributed by atoms with Gasteiger partial charge in [-0.05, 0) is 31.7 Å². The Hall–Kier alpha value is -1.65. The topological polar surface area (TPSA) is 45.2 Å². The fourth-order valence-corrected chi connectivity index (χ4v) is 2.78. The van der Waals surface area contributed by atoms with Crippen LogP contribution in [-0.4, -0.2) is 35.9 Å². The zero-order valence-corrected chi connectivity index (χ0v) is 12.2. The minimum atomic E-state index is -0.482. The molecule has 110 valence electrons. The van der Waals surface area contributed by atoms with Crippen LogP contribution in [0.1, 0.15) is 43.0 Å². The fourth-order valence-electron chi connectivity index (χ4n) is 2.78. The standard InChI is InChI=1S/C15H22FN3O/c1-3-17-14-13(8-12(16)9-18-14)15(20)19(2)10-11-6-4-5-7-11/h8-9,11H,3-7,10H2,1-2H3,(H,17,18). The molecule has 0 spiro atoms. The lowest BCUT2D eigenvalue weighted by Crippen LogP contribution is -2.32. The van der Waals surface area contributed by atoms with Gasteiger partial charge >= 0.3 is 0 Å². The maximum atomic E-state index is 13.4. The van der Waals surface area contributed by atoms with Crippen LogP contribution in [0.2, 0.25) is 0 Å². The number of carbonyl (C=O) groups is 1. The number of carbonyl (C=O) groups excluding carboxylic acids is 1. The Balaban J connectivity index is 2.11. The summed E-state index contributed by atoms with van der Waals surface area (Å²) in [4.78, 5) is 18.1. The molecular weight excluding hydrogens is 257 g/mol. The molecular formula is C15H22FN3O. The minimum Gasteiger partial charge on any atom is -0.370 e. The molecule has 0 unspecified atom stereocenters. The van der Waals surface area contributed by atoms with E-state index in [4.69, 9.17) is 0 Å². The third-order valence-electron chi connectivity index (χ3n) is 3.78. The van der Waals surface area contributed by atoms with E-state index in [9.17, 15) is 9.18 Å². The van der Waals surface area contributed by atoms with Crippen molar-refractivity contribution in [1.82, 2.24) is 9.88 Å². The van der Waals surface area contributed by atoms with Gasteiger partial charge < -0.3 is 10.2 Å². The summed E-state index contributed by atoms with van der Waals surface area (Å²) in [6.45, 7) is 3.30. The molecule has 0 aromatic carbocycles. The molecule has 1 aromatic heterocycles. The molecule has 0 saturated heterocycles. The van der Waals surface area contributed by atoms with E-state index >= 15 is 0 Å². The smallest absolute Gasteiger partial charge is 0.257 e. The molecule has 1 aromatic rings. The Morgan fingerprint density at radius 1 is 1.50 bits per heavy atom. The summed E-state index contributed by atoms with van der Waals surface area (Å²) in [6.07, 6.45) is 5.98. The van der Waals surface area contributed by atoms with Crippen LogP contribution in [0.4, 0.5) is 10.2 Å². The summed E-state index contributed by atoms with van der Waals surface area (Å²) in [5.41, 5.74) is 0.312. The van der Waals surface area contributed by atoms with Gasteiger partial charge in [-0.25, -0.2) is 9.37 Å². The number of pyridine rings is 1. The van der Waals surface area contributed by atoms with E-state index < -0.39 is 5.82 Å². The van der Waals surface area contributed by atoms with Crippen LogP contribution in [0, 0.1) is 11.7 Å². The summed E-state index contributed by atoms with van der Waals surface area (Å²) in [6, 6.07) is 1.26. The van der Waals surface area contributed by atoms with Crippen LogP contribution >= 0.6 is 0 Å². The Bertz CT molecular complexity index is 472. The van der Waals surface area contributed by atoms with Gasteiger partial charge in [0.05, 0.1) is 11.8 Å². The monoisotopic (exact) mass is 279 g/mol. The molecule has 0 bridgehead atoms. The van der Waals surface area contributed by atoms with Crippen molar-refractivity contribution in [2.75, 3.05) is 25.5 Å². The van der Waals surface area contributed by atoms with E-state index in [0.29, 0.717) is 23.8 Å². The molecule has 4 nitrogen and oxygen atoms in total. The van der Waals surface area contributed by atoms with Gasteiger partial charge in [-0.15, -0.1) is 0 Å². The highest BCUT2D eigenvalue weighted by Gasteiger charge is 2.22. The van der Waals surface area contributed by atoms with Gasteiger partial charge in [0.25, 0.3) is 5.91 Å². The van der Waals surface area contributed by atoms with E-state index in [2.05, 4.69) is 10.3 Å². The van der Waals surface area contributed by atoms with E-state index in [-0.39, 0.29) is 5.91 Å². The number of amides is 1. The Kier molecular flexibility index (Phi) is 4.93. The number of aromatic nitrogens is 1. The molecule has 0 radical (unpaired) electrons. The summed E-state index contributed by atoms with van der Waals surface area (Å²) >= 11 is 0. The van der Waals surface area contributed by atoms with Crippen molar-refractivity contribution >= 4 is 11.7 Å². The second-order valence-electron chi connectivity index (χ2n) is 5.42. The normalized spacial score (nSPS) is 15.3. The summed E-state index contributed by atoms with van der Waals surface area (Å²) in [5.74, 6) is 0.384. The van der Waals surface area contributed by atoms with Gasteiger partial charge in [0.2, 0.25) is 0 Å². The van der Waals surface area contributed by atoms with Gasteiger partial charge in [-0.1, -0.05) is 12.8 Å². The number of hydrogen-bond acceptors (Lipinski definition) is 3. The molecule has 5 heteroatoms. The molecule has 1 heterocycles. The maximum absolute atomic E-state index is 13.4. The van der Waals surface area contributed by atoms with Crippen molar-refractivity contribution in [2.24, 2.45) is 5.92 Å². The lowest BCUT2D eigenvalue weighted by molar-refractivity contribution is 0.0773. The van der Waals surface area contributed by atoms with E-state index in [1.165, 1.54) is 31.7 Å². The highest BCUT2D eigenvalue weighted by atomic mass is 19.1. The lowest BCUT2D eigenvalue weighted by Gasteiger charge is -2.22. The largest absolute Gasteiger partial charge is 0.370 e. The number of nitrogens with zero attached hydrogens (tertiary/aromatic N) is 2. The van der Waals surface area contributed by atoms with Crippen molar-refractivity contribution in [3.63, 3.8) is 0 Å². The van der Waals surface area contributed by atoms with Gasteiger partial charge in [-0.3, -0.25) is 4.79 Å². The number of anilines is 1. The first kappa shape index (κ1) is 14.8. The summed E-state index contributed by atoms with van der Waals surface area (Å²) in [5, 5.41) is 3.01. The quantitative estimate of drug-likeness (QED) is 0.901. The molecule has 1 aliphatic rings. The summed E-state index contributed by atoms with van der Waals surface area (Å²) < 4.78 is 13.4. The van der Waals surface area contributed by atoms with Gasteiger partial charge in [0.1, 0.15) is 11.6 Å². The molecule has 0 aliphatic heterocycles. The fraction of sp³-hybridized carbons (Fsp3) is 0.600. The third-order valence-corrected chi connectivity index (χ3v) is 3.78. The number of nitrogens with one attached hydrogen (secondary N) is 1.